The van der Waals surface area contributed by atoms with E-state index >= 15 is 0 Å². The largest absolute Gasteiger partial charge is 0.329 e. The first kappa shape index (κ1) is 9.81. The molecule has 0 saturated carbocycles. The quantitative estimate of drug-likeness (QED) is 0.741. The van der Waals surface area contributed by atoms with Crippen LogP contribution in [0.15, 0.2) is 0 Å². The van der Waals surface area contributed by atoms with E-state index in [-0.39, 0.29) is 0 Å². The van der Waals surface area contributed by atoms with Crippen molar-refractivity contribution in [1.82, 2.24) is 4.90 Å². The molecule has 2 heterocycles. The molecule has 2 aliphatic heterocycles. The van der Waals surface area contributed by atoms with Gasteiger partial charge in [0.25, 0.3) is 0 Å². The first-order valence-corrected chi connectivity index (χ1v) is 6.34. The molecule has 76 valence electrons. The Morgan fingerprint density at radius 1 is 1.54 bits per heavy atom. The van der Waals surface area contributed by atoms with Crippen LogP contribution in [0.1, 0.15) is 20.3 Å². The number of rotatable bonds is 3. The van der Waals surface area contributed by atoms with Gasteiger partial charge in [0.05, 0.1) is 0 Å². The Hall–Kier alpha value is 0.270. The fraction of sp³-hybridized carbons (Fsp3) is 1.00. The average molecular weight is 200 g/mol. The van der Waals surface area contributed by atoms with Gasteiger partial charge in [-0.2, -0.15) is 11.8 Å². The summed E-state index contributed by atoms with van der Waals surface area (Å²) in [5.74, 6) is 2.04. The van der Waals surface area contributed by atoms with Crippen molar-refractivity contribution in [1.29, 1.82) is 0 Å². The molecule has 3 unspecified atom stereocenters. The highest BCUT2D eigenvalue weighted by molar-refractivity contribution is 8.00. The van der Waals surface area contributed by atoms with E-state index in [0.29, 0.717) is 12.0 Å². The first-order valence-electron chi connectivity index (χ1n) is 5.29. The van der Waals surface area contributed by atoms with Crippen molar-refractivity contribution < 1.29 is 0 Å². The lowest BCUT2D eigenvalue weighted by Crippen LogP contribution is -2.48. The van der Waals surface area contributed by atoms with E-state index in [4.69, 9.17) is 5.73 Å². The minimum atomic E-state index is 0.621. The van der Waals surface area contributed by atoms with Crippen LogP contribution in [0.3, 0.4) is 0 Å². The molecule has 3 heteroatoms. The molecule has 13 heavy (non-hydrogen) atoms. The Morgan fingerprint density at radius 2 is 2.31 bits per heavy atom. The van der Waals surface area contributed by atoms with Gasteiger partial charge in [0.2, 0.25) is 0 Å². The molecule has 0 radical (unpaired) electrons. The highest BCUT2D eigenvalue weighted by atomic mass is 32.2. The Labute approximate surface area is 85.2 Å². The van der Waals surface area contributed by atoms with Crippen molar-refractivity contribution in [2.75, 3.05) is 18.8 Å². The van der Waals surface area contributed by atoms with Crippen molar-refractivity contribution in [2.24, 2.45) is 11.7 Å². The number of likely N-dealkylation sites (tertiary alicyclic amines) is 1. The second kappa shape index (κ2) is 3.79. The van der Waals surface area contributed by atoms with Gasteiger partial charge in [0.1, 0.15) is 0 Å². The van der Waals surface area contributed by atoms with Gasteiger partial charge in [-0.1, -0.05) is 13.8 Å². The van der Waals surface area contributed by atoms with Gasteiger partial charge in [-0.15, -0.1) is 0 Å². The van der Waals surface area contributed by atoms with Crippen molar-refractivity contribution in [3.05, 3.63) is 0 Å². The summed E-state index contributed by atoms with van der Waals surface area (Å²) in [7, 11) is 0. The Kier molecular flexibility index (Phi) is 2.86. The molecular weight excluding hydrogens is 180 g/mol. The van der Waals surface area contributed by atoms with Crippen LogP contribution in [-0.4, -0.2) is 41.1 Å². The molecule has 0 aromatic heterocycles. The van der Waals surface area contributed by atoms with Crippen LogP contribution in [-0.2, 0) is 0 Å². The van der Waals surface area contributed by atoms with Crippen LogP contribution in [0, 0.1) is 5.92 Å². The van der Waals surface area contributed by atoms with Gasteiger partial charge in [0.15, 0.2) is 0 Å². The van der Waals surface area contributed by atoms with Crippen LogP contribution in [0.5, 0.6) is 0 Å². The van der Waals surface area contributed by atoms with Crippen LogP contribution in [0.4, 0.5) is 0 Å². The molecule has 0 amide bonds. The fourth-order valence-electron chi connectivity index (χ4n) is 2.63. The van der Waals surface area contributed by atoms with Crippen molar-refractivity contribution in [3.8, 4) is 0 Å². The summed E-state index contributed by atoms with van der Waals surface area (Å²) in [6, 6.07) is 1.46. The number of fused-ring (bicyclic) bond motifs is 2. The molecule has 2 N–H and O–H groups in total. The van der Waals surface area contributed by atoms with Gasteiger partial charge in [-0.25, -0.2) is 0 Å². The third-order valence-electron chi connectivity index (χ3n) is 3.38. The first-order chi connectivity index (χ1) is 6.22. The second-order valence-corrected chi connectivity index (χ2v) is 5.92. The fourth-order valence-corrected chi connectivity index (χ4v) is 4.08. The minimum absolute atomic E-state index is 0.621. The number of thioether (sulfide) groups is 1. The van der Waals surface area contributed by atoms with E-state index in [2.05, 4.69) is 30.5 Å². The Bertz CT molecular complexity index is 184. The maximum absolute atomic E-state index is 5.84. The maximum Gasteiger partial charge on any atom is 0.0245 e. The minimum Gasteiger partial charge on any atom is -0.329 e. The predicted octanol–water partition coefficient (Wildman–Crippen LogP) is 1.16. The number of nitrogens with zero attached hydrogens (tertiary/aromatic N) is 1. The molecular formula is C10H20N2S. The van der Waals surface area contributed by atoms with Gasteiger partial charge in [-0.3, -0.25) is 4.90 Å². The third kappa shape index (κ3) is 1.74. The zero-order valence-electron chi connectivity index (χ0n) is 8.57. The summed E-state index contributed by atoms with van der Waals surface area (Å²) in [4.78, 5) is 2.66. The second-order valence-electron chi connectivity index (χ2n) is 4.59. The van der Waals surface area contributed by atoms with Gasteiger partial charge in [-0.05, 0) is 12.3 Å². The molecule has 2 fully saturated rings. The van der Waals surface area contributed by atoms with Gasteiger partial charge in [0, 0.05) is 36.2 Å². The molecule has 0 aromatic rings. The maximum atomic E-state index is 5.84. The average Bonchev–Trinajstić information content (AvgIpc) is 2.65. The molecule has 3 atom stereocenters. The molecule has 0 aliphatic carbocycles. The number of hydrogen-bond acceptors (Lipinski definition) is 3. The normalized spacial score (nSPS) is 36.0. The van der Waals surface area contributed by atoms with Gasteiger partial charge >= 0.3 is 0 Å². The molecule has 2 bridgehead atoms. The van der Waals surface area contributed by atoms with Crippen LogP contribution in [0.25, 0.3) is 0 Å². The standard InChI is InChI=1S/C10H20N2S/c1-7(2)10(4-11)12-5-9-3-8(12)6-13-9/h7-10H,3-6,11H2,1-2H3. The smallest absolute Gasteiger partial charge is 0.0245 e. The van der Waals surface area contributed by atoms with E-state index < -0.39 is 0 Å². The molecule has 2 nitrogen and oxygen atoms in total. The van der Waals surface area contributed by atoms with E-state index in [1.807, 2.05) is 0 Å². The highest BCUT2D eigenvalue weighted by Crippen LogP contribution is 2.39. The monoisotopic (exact) mass is 200 g/mol. The number of nitrogens with two attached hydrogens (primary N) is 1. The third-order valence-corrected chi connectivity index (χ3v) is 4.77. The number of hydrogen-bond donors (Lipinski definition) is 1. The van der Waals surface area contributed by atoms with Crippen LogP contribution < -0.4 is 5.73 Å². The predicted molar refractivity (Wildman–Crippen MR) is 59.0 cm³/mol. The summed E-state index contributed by atoms with van der Waals surface area (Å²) in [5.41, 5.74) is 5.84. The zero-order valence-corrected chi connectivity index (χ0v) is 9.39. The van der Waals surface area contributed by atoms with E-state index in [1.54, 1.807) is 0 Å². The summed E-state index contributed by atoms with van der Waals surface area (Å²) >= 11 is 2.15. The lowest BCUT2D eigenvalue weighted by molar-refractivity contribution is 0.154. The summed E-state index contributed by atoms with van der Waals surface area (Å²) in [6.07, 6.45) is 1.41. The molecule has 0 spiro atoms. The molecule has 2 rings (SSSR count). The topological polar surface area (TPSA) is 29.3 Å². The van der Waals surface area contributed by atoms with Crippen molar-refractivity contribution in [3.63, 3.8) is 0 Å². The lowest BCUT2D eigenvalue weighted by atomic mass is 10.0. The van der Waals surface area contributed by atoms with Crippen LogP contribution >= 0.6 is 11.8 Å². The van der Waals surface area contributed by atoms with Crippen LogP contribution in [0.2, 0.25) is 0 Å². The summed E-state index contributed by atoms with van der Waals surface area (Å²) in [6.45, 7) is 6.69. The Balaban J connectivity index is 2.00. The molecule has 2 saturated heterocycles. The van der Waals surface area contributed by atoms with Gasteiger partial charge < -0.3 is 5.73 Å². The Morgan fingerprint density at radius 3 is 2.69 bits per heavy atom. The van der Waals surface area contributed by atoms with E-state index in [0.717, 1.165) is 17.8 Å². The van der Waals surface area contributed by atoms with E-state index in [9.17, 15) is 0 Å². The summed E-state index contributed by atoms with van der Waals surface area (Å²) in [5, 5.41) is 0.915. The molecule has 2 aliphatic rings. The SMILES string of the molecule is CC(C)C(CN)N1CC2CC1CS2. The summed E-state index contributed by atoms with van der Waals surface area (Å²) < 4.78 is 0. The zero-order chi connectivity index (χ0) is 9.42. The highest BCUT2D eigenvalue weighted by Gasteiger charge is 2.41. The lowest BCUT2D eigenvalue weighted by Gasteiger charge is -2.36. The molecule has 0 aromatic carbocycles. The van der Waals surface area contributed by atoms with E-state index in [1.165, 1.54) is 18.7 Å². The van der Waals surface area contributed by atoms with Crippen molar-refractivity contribution >= 4 is 11.8 Å². The van der Waals surface area contributed by atoms with Crippen molar-refractivity contribution in [2.45, 2.75) is 37.6 Å².